The molecule has 20 heavy (non-hydrogen) atoms. The fourth-order valence-electron chi connectivity index (χ4n) is 2.34. The number of nitrogens with two attached hydrogens (primary N) is 1. The molecule has 1 fully saturated rings. The van der Waals surface area contributed by atoms with Gasteiger partial charge < -0.3 is 16.0 Å². The predicted molar refractivity (Wildman–Crippen MR) is 82.5 cm³/mol. The third kappa shape index (κ3) is 4.26. The van der Waals surface area contributed by atoms with Gasteiger partial charge in [-0.1, -0.05) is 24.7 Å². The molecule has 1 aromatic rings. The van der Waals surface area contributed by atoms with Crippen molar-refractivity contribution < 1.29 is 4.79 Å². The summed E-state index contributed by atoms with van der Waals surface area (Å²) in [5, 5.41) is 5.09. The van der Waals surface area contributed by atoms with Gasteiger partial charge in [0.05, 0.1) is 13.1 Å². The van der Waals surface area contributed by atoms with Crippen molar-refractivity contribution in [2.75, 3.05) is 13.6 Å². The van der Waals surface area contributed by atoms with Gasteiger partial charge in [0.15, 0.2) is 0 Å². The Hall–Kier alpha value is -1.51. The Labute approximate surface area is 124 Å². The second kappa shape index (κ2) is 7.32. The molecule has 0 saturated heterocycles. The Morgan fingerprint density at radius 2 is 2.30 bits per heavy atom. The standard InChI is InChI=1S/C15H21N3OS/c1-18(15(19)17-13-6-2-3-7-13)10-14-9-12(11-20-14)5-4-8-16/h9,11,13H,2-3,6-8,10,16H2,1H3,(H,17,19). The lowest BCUT2D eigenvalue weighted by atomic mass is 10.2. The van der Waals surface area contributed by atoms with E-state index < -0.39 is 0 Å². The van der Waals surface area contributed by atoms with Gasteiger partial charge in [0.1, 0.15) is 0 Å². The van der Waals surface area contributed by atoms with Crippen LogP contribution in [0.2, 0.25) is 0 Å². The monoisotopic (exact) mass is 291 g/mol. The number of nitrogens with one attached hydrogen (secondary N) is 1. The van der Waals surface area contributed by atoms with E-state index in [1.807, 2.05) is 18.5 Å². The van der Waals surface area contributed by atoms with E-state index in [2.05, 4.69) is 17.2 Å². The molecule has 0 radical (unpaired) electrons. The van der Waals surface area contributed by atoms with Gasteiger partial charge in [0, 0.05) is 28.9 Å². The maximum atomic E-state index is 12.1. The minimum absolute atomic E-state index is 0.0138. The van der Waals surface area contributed by atoms with Gasteiger partial charge in [-0.3, -0.25) is 0 Å². The number of hydrogen-bond acceptors (Lipinski definition) is 3. The second-order valence-electron chi connectivity index (χ2n) is 5.09. The van der Waals surface area contributed by atoms with Gasteiger partial charge in [0.2, 0.25) is 0 Å². The first-order chi connectivity index (χ1) is 9.69. The largest absolute Gasteiger partial charge is 0.335 e. The average Bonchev–Trinajstić information content (AvgIpc) is 3.08. The molecule has 3 N–H and O–H groups in total. The Morgan fingerprint density at radius 1 is 1.55 bits per heavy atom. The molecular weight excluding hydrogens is 270 g/mol. The van der Waals surface area contributed by atoms with Crippen LogP contribution < -0.4 is 11.1 Å². The SMILES string of the molecule is CN(Cc1cc(C#CCN)cs1)C(=O)NC1CCCC1. The van der Waals surface area contributed by atoms with Crippen molar-refractivity contribution >= 4 is 17.4 Å². The van der Waals surface area contributed by atoms with E-state index in [1.54, 1.807) is 16.2 Å². The van der Waals surface area contributed by atoms with Crippen molar-refractivity contribution in [3.63, 3.8) is 0 Å². The Kier molecular flexibility index (Phi) is 5.45. The molecule has 0 bridgehead atoms. The molecule has 1 aromatic heterocycles. The van der Waals surface area contributed by atoms with E-state index in [4.69, 9.17) is 5.73 Å². The van der Waals surface area contributed by atoms with Crippen LogP contribution in [0, 0.1) is 11.8 Å². The highest BCUT2D eigenvalue weighted by Gasteiger charge is 2.19. The molecule has 2 rings (SSSR count). The summed E-state index contributed by atoms with van der Waals surface area (Å²) in [4.78, 5) is 14.9. The number of hydrogen-bond donors (Lipinski definition) is 2. The van der Waals surface area contributed by atoms with Crippen molar-refractivity contribution in [3.05, 3.63) is 21.9 Å². The highest BCUT2D eigenvalue weighted by Crippen LogP contribution is 2.19. The van der Waals surface area contributed by atoms with Crippen LogP contribution in [0.5, 0.6) is 0 Å². The van der Waals surface area contributed by atoms with Crippen LogP contribution in [0.3, 0.4) is 0 Å². The molecule has 0 aliphatic heterocycles. The molecule has 0 spiro atoms. The summed E-state index contributed by atoms with van der Waals surface area (Å²) in [6.07, 6.45) is 4.67. The highest BCUT2D eigenvalue weighted by molar-refractivity contribution is 7.10. The van der Waals surface area contributed by atoms with Gasteiger partial charge in [-0.05, 0) is 18.9 Å². The molecule has 4 nitrogen and oxygen atoms in total. The third-order valence-corrected chi connectivity index (χ3v) is 4.33. The molecule has 0 unspecified atom stereocenters. The summed E-state index contributed by atoms with van der Waals surface area (Å²) in [7, 11) is 1.83. The summed E-state index contributed by atoms with van der Waals surface area (Å²) >= 11 is 1.62. The average molecular weight is 291 g/mol. The number of thiophene rings is 1. The van der Waals surface area contributed by atoms with Crippen LogP contribution in [-0.2, 0) is 6.54 Å². The minimum Gasteiger partial charge on any atom is -0.335 e. The van der Waals surface area contributed by atoms with Crippen LogP contribution in [0.15, 0.2) is 11.4 Å². The molecule has 2 amide bonds. The molecule has 0 atom stereocenters. The molecule has 0 aromatic carbocycles. The molecule has 1 heterocycles. The summed E-state index contributed by atoms with van der Waals surface area (Å²) in [5.41, 5.74) is 6.32. The number of carbonyl (C=O) groups excluding carboxylic acids is 1. The molecule has 5 heteroatoms. The van der Waals surface area contributed by atoms with Gasteiger partial charge in [-0.2, -0.15) is 0 Å². The zero-order chi connectivity index (χ0) is 14.4. The summed E-state index contributed by atoms with van der Waals surface area (Å²) in [5.74, 6) is 5.84. The summed E-state index contributed by atoms with van der Waals surface area (Å²) < 4.78 is 0. The lowest BCUT2D eigenvalue weighted by molar-refractivity contribution is 0.203. The number of rotatable bonds is 3. The molecule has 1 aliphatic rings. The summed E-state index contributed by atoms with van der Waals surface area (Å²) in [6.45, 7) is 0.988. The van der Waals surface area contributed by atoms with Crippen LogP contribution in [0.25, 0.3) is 0 Å². The third-order valence-electron chi connectivity index (χ3n) is 3.41. The quantitative estimate of drug-likeness (QED) is 0.838. The number of urea groups is 1. The van der Waals surface area contributed by atoms with Crippen molar-refractivity contribution in [1.29, 1.82) is 0 Å². The topological polar surface area (TPSA) is 58.4 Å². The maximum absolute atomic E-state index is 12.1. The van der Waals surface area contributed by atoms with Crippen LogP contribution in [-0.4, -0.2) is 30.6 Å². The van der Waals surface area contributed by atoms with Gasteiger partial charge in [0.25, 0.3) is 0 Å². The van der Waals surface area contributed by atoms with Crippen LogP contribution >= 0.6 is 11.3 Å². The summed E-state index contributed by atoms with van der Waals surface area (Å²) in [6, 6.07) is 2.39. The smallest absolute Gasteiger partial charge is 0.317 e. The van der Waals surface area contributed by atoms with Crippen molar-refractivity contribution in [1.82, 2.24) is 10.2 Å². The van der Waals surface area contributed by atoms with E-state index >= 15 is 0 Å². The first kappa shape index (κ1) is 14.9. The van der Waals surface area contributed by atoms with Crippen LogP contribution in [0.1, 0.15) is 36.1 Å². The Morgan fingerprint density at radius 3 is 3.00 bits per heavy atom. The number of amides is 2. The molecular formula is C15H21N3OS. The second-order valence-corrected chi connectivity index (χ2v) is 6.09. The lowest BCUT2D eigenvalue weighted by Gasteiger charge is -2.20. The zero-order valence-electron chi connectivity index (χ0n) is 11.8. The van der Waals surface area contributed by atoms with E-state index in [0.717, 1.165) is 23.3 Å². The van der Waals surface area contributed by atoms with Crippen molar-refractivity contribution in [2.45, 2.75) is 38.3 Å². The Balaban J connectivity index is 1.85. The van der Waals surface area contributed by atoms with E-state index in [9.17, 15) is 4.79 Å². The number of nitrogens with zero attached hydrogens (tertiary/aromatic N) is 1. The zero-order valence-corrected chi connectivity index (χ0v) is 12.6. The number of carbonyl (C=O) groups is 1. The molecule has 1 aliphatic carbocycles. The highest BCUT2D eigenvalue weighted by atomic mass is 32.1. The van der Waals surface area contributed by atoms with E-state index in [-0.39, 0.29) is 6.03 Å². The first-order valence-electron chi connectivity index (χ1n) is 6.97. The molecule has 108 valence electrons. The minimum atomic E-state index is 0.0138. The van der Waals surface area contributed by atoms with Crippen molar-refractivity contribution in [2.24, 2.45) is 5.73 Å². The Bertz CT molecular complexity index is 509. The van der Waals surface area contributed by atoms with Crippen LogP contribution in [0.4, 0.5) is 4.79 Å². The van der Waals surface area contributed by atoms with Crippen molar-refractivity contribution in [3.8, 4) is 11.8 Å². The van der Waals surface area contributed by atoms with Gasteiger partial charge in [-0.25, -0.2) is 4.79 Å². The predicted octanol–water partition coefficient (Wildman–Crippen LogP) is 2.14. The molecule has 1 saturated carbocycles. The van der Waals surface area contributed by atoms with Gasteiger partial charge >= 0.3 is 6.03 Å². The normalized spacial score (nSPS) is 14.7. The fourth-order valence-corrected chi connectivity index (χ4v) is 3.21. The maximum Gasteiger partial charge on any atom is 0.317 e. The first-order valence-corrected chi connectivity index (χ1v) is 7.85. The van der Waals surface area contributed by atoms with E-state index in [0.29, 0.717) is 19.1 Å². The van der Waals surface area contributed by atoms with E-state index in [1.165, 1.54) is 12.8 Å². The lowest BCUT2D eigenvalue weighted by Crippen LogP contribution is -2.41. The fraction of sp³-hybridized carbons (Fsp3) is 0.533. The van der Waals surface area contributed by atoms with Gasteiger partial charge in [-0.15, -0.1) is 11.3 Å².